The van der Waals surface area contributed by atoms with Gasteiger partial charge in [-0.1, -0.05) is 42.5 Å². The lowest BCUT2D eigenvalue weighted by Gasteiger charge is -2.13. The van der Waals surface area contributed by atoms with Gasteiger partial charge < -0.3 is 4.43 Å². The molecule has 122 valence electrons. The molecule has 0 aliphatic heterocycles. The third-order valence-electron chi connectivity index (χ3n) is 3.49. The maximum absolute atomic E-state index is 6.03. The fraction of sp³-hybridized carbons (Fsp3) is 0.158. The highest BCUT2D eigenvalue weighted by Crippen LogP contribution is 2.29. The number of para-hydroxylation sites is 2. The molecule has 0 amide bonds. The van der Waals surface area contributed by atoms with E-state index in [1.54, 1.807) is 4.68 Å². The number of rotatable bonds is 5. The van der Waals surface area contributed by atoms with Crippen LogP contribution in [0.25, 0.3) is 0 Å². The summed E-state index contributed by atoms with van der Waals surface area (Å²) in [4.78, 5) is 4.93. The van der Waals surface area contributed by atoms with E-state index < -0.39 is 9.04 Å². The van der Waals surface area contributed by atoms with Crippen molar-refractivity contribution in [3.8, 4) is 5.75 Å². The molecule has 0 bridgehead atoms. The van der Waals surface area contributed by atoms with Crippen molar-refractivity contribution in [1.29, 1.82) is 0 Å². The molecule has 0 saturated heterocycles. The van der Waals surface area contributed by atoms with Crippen LogP contribution in [-0.4, -0.2) is 24.5 Å². The van der Waals surface area contributed by atoms with Crippen LogP contribution in [0.4, 0.5) is 5.69 Å². The molecule has 5 heteroatoms. The highest BCUT2D eigenvalue weighted by atomic mass is 28.3. The Kier molecular flexibility index (Phi) is 4.91. The molecule has 3 aromatic rings. The van der Waals surface area contributed by atoms with E-state index in [1.807, 2.05) is 61.9 Å². The van der Waals surface area contributed by atoms with Crippen molar-refractivity contribution in [3.05, 3.63) is 78.1 Å². The predicted molar refractivity (Wildman–Crippen MR) is 101 cm³/mol. The molecule has 1 aromatic heterocycles. The van der Waals surface area contributed by atoms with Gasteiger partial charge in [-0.3, -0.25) is 4.68 Å². The van der Waals surface area contributed by atoms with Gasteiger partial charge in [0.2, 0.25) is 9.04 Å². The second kappa shape index (κ2) is 7.27. The SMILES string of the molecule is Cn1cc(C(=Nc2ccccc2O[SiH](C)C)c2ccccc2)cn1. The molecule has 0 fully saturated rings. The van der Waals surface area contributed by atoms with Gasteiger partial charge in [-0.05, 0) is 25.2 Å². The van der Waals surface area contributed by atoms with E-state index in [2.05, 4.69) is 30.3 Å². The van der Waals surface area contributed by atoms with Crippen LogP contribution in [0.3, 0.4) is 0 Å². The molecule has 24 heavy (non-hydrogen) atoms. The van der Waals surface area contributed by atoms with Crippen molar-refractivity contribution >= 4 is 20.4 Å². The summed E-state index contributed by atoms with van der Waals surface area (Å²) in [6.45, 7) is 4.30. The Morgan fingerprint density at radius 3 is 2.38 bits per heavy atom. The second-order valence-corrected chi connectivity index (χ2v) is 8.20. The van der Waals surface area contributed by atoms with Crippen LogP contribution in [0.15, 0.2) is 72.0 Å². The Balaban J connectivity index is 2.11. The van der Waals surface area contributed by atoms with Gasteiger partial charge in [0.15, 0.2) is 0 Å². The third kappa shape index (κ3) is 3.81. The molecule has 3 rings (SSSR count). The summed E-state index contributed by atoms with van der Waals surface area (Å²) < 4.78 is 7.82. The van der Waals surface area contributed by atoms with Crippen molar-refractivity contribution in [2.45, 2.75) is 13.1 Å². The van der Waals surface area contributed by atoms with Crippen LogP contribution in [0.2, 0.25) is 13.1 Å². The standard InChI is InChI=1S/C19H21N3OSi/c1-22-14-16(13-20-22)19(15-9-5-4-6-10-15)21-17-11-7-8-12-18(17)23-24(2)3/h4-14,24H,1-3H3. The highest BCUT2D eigenvalue weighted by Gasteiger charge is 2.11. The van der Waals surface area contributed by atoms with Gasteiger partial charge >= 0.3 is 0 Å². The summed E-state index contributed by atoms with van der Waals surface area (Å²) in [6, 6.07) is 18.1. The summed E-state index contributed by atoms with van der Waals surface area (Å²) in [7, 11) is 0.711. The predicted octanol–water partition coefficient (Wildman–Crippen LogP) is 3.95. The highest BCUT2D eigenvalue weighted by molar-refractivity contribution is 6.49. The van der Waals surface area contributed by atoms with Crippen molar-refractivity contribution in [2.24, 2.45) is 12.0 Å². The number of benzene rings is 2. The quantitative estimate of drug-likeness (QED) is 0.523. The molecule has 2 aromatic carbocycles. The van der Waals surface area contributed by atoms with Gasteiger partial charge in [-0.25, -0.2) is 4.99 Å². The van der Waals surface area contributed by atoms with Gasteiger partial charge in [-0.2, -0.15) is 5.10 Å². The number of aromatic nitrogens is 2. The van der Waals surface area contributed by atoms with Crippen LogP contribution in [0, 0.1) is 0 Å². The molecular weight excluding hydrogens is 314 g/mol. The van der Waals surface area contributed by atoms with E-state index >= 15 is 0 Å². The topological polar surface area (TPSA) is 39.4 Å². The van der Waals surface area contributed by atoms with Crippen LogP contribution >= 0.6 is 0 Å². The minimum atomic E-state index is -1.20. The fourth-order valence-corrected chi connectivity index (χ4v) is 3.17. The van der Waals surface area contributed by atoms with Crippen LogP contribution < -0.4 is 4.43 Å². The Labute approximate surface area is 144 Å². The lowest BCUT2D eigenvalue weighted by atomic mass is 10.1. The van der Waals surface area contributed by atoms with E-state index in [4.69, 9.17) is 9.42 Å². The summed E-state index contributed by atoms with van der Waals surface area (Å²) in [5.41, 5.74) is 3.79. The molecule has 0 radical (unpaired) electrons. The average Bonchev–Trinajstić information content (AvgIpc) is 3.00. The lowest BCUT2D eigenvalue weighted by Crippen LogP contribution is -2.11. The Hall–Kier alpha value is -2.66. The first-order valence-corrected chi connectivity index (χ1v) is 10.8. The van der Waals surface area contributed by atoms with Crippen molar-refractivity contribution < 1.29 is 4.43 Å². The van der Waals surface area contributed by atoms with Crippen molar-refractivity contribution in [2.75, 3.05) is 0 Å². The molecule has 0 N–H and O–H groups in total. The summed E-state index contributed by atoms with van der Waals surface area (Å²) in [5.74, 6) is 0.844. The normalized spacial score (nSPS) is 11.8. The first-order valence-electron chi connectivity index (χ1n) is 8.02. The third-order valence-corrected chi connectivity index (χ3v) is 4.21. The van der Waals surface area contributed by atoms with E-state index in [-0.39, 0.29) is 0 Å². The summed E-state index contributed by atoms with van der Waals surface area (Å²) in [6.07, 6.45) is 3.82. The van der Waals surface area contributed by atoms with Gasteiger partial charge in [0.25, 0.3) is 0 Å². The van der Waals surface area contributed by atoms with Crippen molar-refractivity contribution in [3.63, 3.8) is 0 Å². The Morgan fingerprint density at radius 1 is 1.00 bits per heavy atom. The number of hydrogen-bond donors (Lipinski definition) is 0. The Morgan fingerprint density at radius 2 is 1.71 bits per heavy atom. The zero-order valence-corrected chi connectivity index (χ0v) is 15.3. The number of aliphatic imine (C=N–C) groups is 1. The molecule has 0 atom stereocenters. The zero-order valence-electron chi connectivity index (χ0n) is 14.2. The van der Waals surface area contributed by atoms with Crippen LogP contribution in [-0.2, 0) is 7.05 Å². The molecular formula is C19H21N3OSi. The first-order chi connectivity index (χ1) is 11.6. The lowest BCUT2D eigenvalue weighted by molar-refractivity contribution is 0.582. The molecule has 0 aliphatic carbocycles. The maximum Gasteiger partial charge on any atom is 0.229 e. The molecule has 0 spiro atoms. The van der Waals surface area contributed by atoms with Gasteiger partial charge in [0.05, 0.1) is 11.9 Å². The van der Waals surface area contributed by atoms with Gasteiger partial charge in [0, 0.05) is 24.4 Å². The van der Waals surface area contributed by atoms with Crippen LogP contribution in [0.1, 0.15) is 11.1 Å². The second-order valence-electron chi connectivity index (χ2n) is 5.86. The van der Waals surface area contributed by atoms with E-state index in [1.165, 1.54) is 0 Å². The molecule has 1 heterocycles. The monoisotopic (exact) mass is 335 g/mol. The maximum atomic E-state index is 6.03. The largest absolute Gasteiger partial charge is 0.546 e. The number of aryl methyl sites for hydroxylation is 1. The minimum Gasteiger partial charge on any atom is -0.546 e. The fourth-order valence-electron chi connectivity index (χ4n) is 2.46. The van der Waals surface area contributed by atoms with Crippen molar-refractivity contribution in [1.82, 2.24) is 9.78 Å². The van der Waals surface area contributed by atoms with Crippen LogP contribution in [0.5, 0.6) is 5.75 Å². The minimum absolute atomic E-state index is 0.844. The number of nitrogens with zero attached hydrogens (tertiary/aromatic N) is 3. The van der Waals surface area contributed by atoms with E-state index in [0.717, 1.165) is 28.3 Å². The average molecular weight is 335 g/mol. The summed E-state index contributed by atoms with van der Waals surface area (Å²) >= 11 is 0. The molecule has 4 nitrogen and oxygen atoms in total. The summed E-state index contributed by atoms with van der Waals surface area (Å²) in [5, 5.41) is 4.29. The smallest absolute Gasteiger partial charge is 0.229 e. The number of hydrogen-bond acceptors (Lipinski definition) is 3. The molecule has 0 saturated carbocycles. The van der Waals surface area contributed by atoms with E-state index in [9.17, 15) is 0 Å². The molecule has 0 aliphatic rings. The first kappa shape index (κ1) is 16.2. The van der Waals surface area contributed by atoms with Gasteiger partial charge in [0.1, 0.15) is 11.4 Å². The molecule has 0 unspecified atom stereocenters. The zero-order chi connectivity index (χ0) is 16.9. The van der Waals surface area contributed by atoms with E-state index in [0.29, 0.717) is 0 Å². The van der Waals surface area contributed by atoms with Gasteiger partial charge in [-0.15, -0.1) is 0 Å². The Bertz CT molecular complexity index is 841.